The van der Waals surface area contributed by atoms with Gasteiger partial charge in [0.15, 0.2) is 0 Å². The first-order chi connectivity index (χ1) is 7.31. The molecule has 0 bridgehead atoms. The highest BCUT2D eigenvalue weighted by Gasteiger charge is 2.34. The van der Waals surface area contributed by atoms with Crippen molar-refractivity contribution in [1.29, 1.82) is 0 Å². The molecule has 0 heterocycles. The molecule has 0 N–H and O–H groups in total. The van der Waals surface area contributed by atoms with Gasteiger partial charge in [0.05, 0.1) is 0 Å². The predicted molar refractivity (Wildman–Crippen MR) is 66.4 cm³/mol. The molecule has 2 atom stereocenters. The van der Waals surface area contributed by atoms with Crippen molar-refractivity contribution in [2.45, 2.75) is 6.42 Å². The molecule has 1 fully saturated rings. The van der Waals surface area contributed by atoms with Gasteiger partial charge in [-0.2, -0.15) is 0 Å². The van der Waals surface area contributed by atoms with Gasteiger partial charge in [-0.05, 0) is 52.0 Å². The third kappa shape index (κ3) is 1.29. The molecule has 0 spiro atoms. The third-order valence-corrected chi connectivity index (χ3v) is 3.41. The topological polar surface area (TPSA) is 0 Å². The Morgan fingerprint density at radius 2 is 1.40 bits per heavy atom. The number of fused-ring (bicyclic) bond motifs is 2. The highest BCUT2D eigenvalue weighted by atomic mass is 14.4. The van der Waals surface area contributed by atoms with E-state index in [1.165, 1.54) is 28.0 Å². The van der Waals surface area contributed by atoms with E-state index in [1.807, 2.05) is 12.2 Å². The summed E-state index contributed by atoms with van der Waals surface area (Å²) in [5, 5.41) is 2.74. The lowest BCUT2D eigenvalue weighted by molar-refractivity contribution is 1.06. The Hall–Kier alpha value is -1.56. The molecule has 74 valence electrons. The van der Waals surface area contributed by atoms with Gasteiger partial charge >= 0.3 is 0 Å². The molecular weight excluding hydrogens is 180 g/mol. The molecule has 2 unspecified atom stereocenters. The van der Waals surface area contributed by atoms with Crippen LogP contribution in [0.1, 0.15) is 17.5 Å². The van der Waals surface area contributed by atoms with Crippen LogP contribution >= 0.6 is 0 Å². The molecule has 15 heavy (non-hydrogen) atoms. The second-order valence-corrected chi connectivity index (χ2v) is 4.42. The summed E-state index contributed by atoms with van der Waals surface area (Å²) in [6.45, 7) is 7.69. The van der Waals surface area contributed by atoms with E-state index in [0.717, 1.165) is 11.8 Å². The van der Waals surface area contributed by atoms with Gasteiger partial charge in [-0.1, -0.05) is 37.5 Å². The minimum Gasteiger partial charge on any atom is -0.0984 e. The van der Waals surface area contributed by atoms with Crippen molar-refractivity contribution < 1.29 is 0 Å². The van der Waals surface area contributed by atoms with Crippen LogP contribution in [0.5, 0.6) is 0 Å². The quantitative estimate of drug-likeness (QED) is 0.677. The molecule has 1 aromatic rings. The van der Waals surface area contributed by atoms with Crippen LogP contribution in [0.25, 0.3) is 24.3 Å². The Kier molecular flexibility index (Phi) is 1.72. The zero-order valence-corrected chi connectivity index (χ0v) is 8.74. The average molecular weight is 194 g/mol. The van der Waals surface area contributed by atoms with Crippen LogP contribution in [0.2, 0.25) is 0 Å². The van der Waals surface area contributed by atoms with Crippen molar-refractivity contribution in [3.8, 4) is 0 Å². The van der Waals surface area contributed by atoms with Gasteiger partial charge in [-0.3, -0.25) is 0 Å². The van der Waals surface area contributed by atoms with Gasteiger partial charge < -0.3 is 0 Å². The summed E-state index contributed by atoms with van der Waals surface area (Å²) in [6.07, 6.45) is 9.95. The first kappa shape index (κ1) is 8.72. The summed E-state index contributed by atoms with van der Waals surface area (Å²) >= 11 is 0. The van der Waals surface area contributed by atoms with Gasteiger partial charge in [0, 0.05) is 0 Å². The maximum Gasteiger partial charge on any atom is -0.0155 e. The summed E-state index contributed by atoms with van der Waals surface area (Å²) in [6, 6.07) is 4.45. The van der Waals surface area contributed by atoms with Crippen molar-refractivity contribution in [3.63, 3.8) is 0 Å². The zero-order valence-electron chi connectivity index (χ0n) is 8.74. The van der Waals surface area contributed by atoms with Crippen molar-refractivity contribution in [2.24, 2.45) is 11.8 Å². The van der Waals surface area contributed by atoms with Gasteiger partial charge in [0.2, 0.25) is 0 Å². The summed E-state index contributed by atoms with van der Waals surface area (Å²) < 4.78 is 0. The smallest absolute Gasteiger partial charge is 0.0155 e. The van der Waals surface area contributed by atoms with E-state index in [2.05, 4.69) is 37.4 Å². The van der Waals surface area contributed by atoms with Gasteiger partial charge in [0.25, 0.3) is 0 Å². The largest absolute Gasteiger partial charge is 0.0984 e. The Balaban J connectivity index is 2.33. The average Bonchev–Trinajstić information content (AvgIpc) is 3.01. The molecule has 1 saturated carbocycles. The van der Waals surface area contributed by atoms with E-state index >= 15 is 0 Å². The van der Waals surface area contributed by atoms with Crippen molar-refractivity contribution in [3.05, 3.63) is 46.9 Å². The maximum atomic E-state index is 3.85. The number of benzene rings is 1. The van der Waals surface area contributed by atoms with Crippen molar-refractivity contribution >= 4 is 24.3 Å². The lowest BCUT2D eigenvalue weighted by Gasteiger charge is -2.04. The number of hydrogen-bond acceptors (Lipinski definition) is 0. The second-order valence-electron chi connectivity index (χ2n) is 4.42. The molecule has 1 aromatic carbocycles. The zero-order chi connectivity index (χ0) is 10.4. The normalized spacial score (nSPS) is 25.3. The lowest BCUT2D eigenvalue weighted by Crippen LogP contribution is -2.28. The van der Waals surface area contributed by atoms with E-state index in [9.17, 15) is 0 Å². The summed E-state index contributed by atoms with van der Waals surface area (Å²) in [4.78, 5) is 0. The molecule has 2 aliphatic rings. The van der Waals surface area contributed by atoms with E-state index in [4.69, 9.17) is 0 Å². The summed E-state index contributed by atoms with van der Waals surface area (Å²) in [7, 11) is 0. The van der Waals surface area contributed by atoms with Crippen LogP contribution < -0.4 is 10.4 Å². The minimum atomic E-state index is 0.810. The van der Waals surface area contributed by atoms with Crippen molar-refractivity contribution in [2.75, 3.05) is 0 Å². The maximum absolute atomic E-state index is 3.85. The first-order valence-corrected chi connectivity index (χ1v) is 5.44. The monoisotopic (exact) mass is 194 g/mol. The van der Waals surface area contributed by atoms with Gasteiger partial charge in [-0.15, -0.1) is 0 Å². The standard InChI is InChI=1S/C15H14/c1-3-10-5-12-7-14-9-15(14)8-13(12)6-11(10)4-2/h3-8,14-15H,1-2,9H2. The van der Waals surface area contributed by atoms with Crippen LogP contribution in [-0.4, -0.2) is 0 Å². The van der Waals surface area contributed by atoms with Crippen LogP contribution in [0.4, 0.5) is 0 Å². The molecule has 0 radical (unpaired) electrons. The van der Waals surface area contributed by atoms with E-state index in [0.29, 0.717) is 0 Å². The van der Waals surface area contributed by atoms with Gasteiger partial charge in [-0.25, -0.2) is 0 Å². The molecule has 0 amide bonds. The molecule has 0 aliphatic heterocycles. The molecule has 0 nitrogen and oxygen atoms in total. The fourth-order valence-corrected chi connectivity index (χ4v) is 2.39. The van der Waals surface area contributed by atoms with E-state index in [1.54, 1.807) is 0 Å². The summed E-state index contributed by atoms with van der Waals surface area (Å²) in [5.74, 6) is 1.62. The highest BCUT2D eigenvalue weighted by molar-refractivity contribution is 5.65. The first-order valence-electron chi connectivity index (χ1n) is 5.44. The van der Waals surface area contributed by atoms with Crippen molar-refractivity contribution in [1.82, 2.24) is 0 Å². The Bertz CT molecular complexity index is 509. The van der Waals surface area contributed by atoms with Crippen LogP contribution in [0, 0.1) is 11.8 Å². The fourth-order valence-electron chi connectivity index (χ4n) is 2.39. The van der Waals surface area contributed by atoms with Gasteiger partial charge in [0.1, 0.15) is 0 Å². The number of rotatable bonds is 2. The number of hydrogen-bond donors (Lipinski definition) is 0. The molecule has 0 aromatic heterocycles. The van der Waals surface area contributed by atoms with E-state index < -0.39 is 0 Å². The highest BCUT2D eigenvalue weighted by Crippen LogP contribution is 2.41. The summed E-state index contributed by atoms with van der Waals surface area (Å²) in [5.41, 5.74) is 2.38. The predicted octanol–water partition coefficient (Wildman–Crippen LogP) is 2.18. The van der Waals surface area contributed by atoms with Crippen LogP contribution in [0.3, 0.4) is 0 Å². The molecule has 0 heteroatoms. The van der Waals surface area contributed by atoms with Crippen LogP contribution in [0.15, 0.2) is 25.3 Å². The second kappa shape index (κ2) is 2.96. The Morgan fingerprint density at radius 1 is 0.933 bits per heavy atom. The fraction of sp³-hybridized carbons (Fsp3) is 0.200. The minimum absolute atomic E-state index is 0.810. The molecular formula is C15H14. The Labute approximate surface area is 89.9 Å². The molecule has 0 saturated heterocycles. The molecule has 3 rings (SSSR count). The molecule has 2 aliphatic carbocycles. The third-order valence-electron chi connectivity index (χ3n) is 3.41. The van der Waals surface area contributed by atoms with E-state index in [-0.39, 0.29) is 0 Å². The van der Waals surface area contributed by atoms with Crippen LogP contribution in [-0.2, 0) is 0 Å². The Morgan fingerprint density at radius 3 is 1.80 bits per heavy atom. The SMILES string of the molecule is C=Cc1cc2c(cc1C=C)=CC1CC1C=2. The lowest BCUT2D eigenvalue weighted by atomic mass is 10.0.